The van der Waals surface area contributed by atoms with Crippen LogP contribution >= 0.6 is 15.9 Å². The number of fused-ring (bicyclic) bond motifs is 2. The fourth-order valence-corrected chi connectivity index (χ4v) is 3.70. The van der Waals surface area contributed by atoms with E-state index in [1.165, 1.54) is 18.3 Å². The van der Waals surface area contributed by atoms with Gasteiger partial charge in [0.15, 0.2) is 11.5 Å². The molecule has 32 heavy (non-hydrogen) atoms. The number of ether oxygens (including phenoxy) is 2. The van der Waals surface area contributed by atoms with Crippen molar-refractivity contribution in [2.24, 2.45) is 5.10 Å². The quantitative estimate of drug-likeness (QED) is 0.233. The van der Waals surface area contributed by atoms with Crippen LogP contribution in [0.25, 0.3) is 22.2 Å². The van der Waals surface area contributed by atoms with Gasteiger partial charge >= 0.3 is 0 Å². The average Bonchev–Trinajstić information content (AvgIpc) is 3.26. The van der Waals surface area contributed by atoms with Gasteiger partial charge in [-0.2, -0.15) is 5.10 Å². The van der Waals surface area contributed by atoms with Gasteiger partial charge < -0.3 is 9.47 Å². The minimum Gasteiger partial charge on any atom is -0.454 e. The molecule has 5 rings (SSSR count). The molecule has 0 aliphatic carbocycles. The monoisotopic (exact) mass is 491 g/mol. The van der Waals surface area contributed by atoms with Crippen molar-refractivity contribution in [3.63, 3.8) is 0 Å². The number of nitro groups is 1. The molecule has 0 bridgehead atoms. The molecule has 0 fully saturated rings. The summed E-state index contributed by atoms with van der Waals surface area (Å²) in [5, 5.41) is 16.4. The van der Waals surface area contributed by atoms with Crippen molar-refractivity contribution in [1.29, 1.82) is 0 Å². The Balaban J connectivity index is 1.51. The molecule has 1 N–H and O–H groups in total. The summed E-state index contributed by atoms with van der Waals surface area (Å²) in [6.07, 6.45) is 1.33. The van der Waals surface area contributed by atoms with Crippen molar-refractivity contribution in [3.8, 4) is 22.8 Å². The van der Waals surface area contributed by atoms with Gasteiger partial charge in [-0.1, -0.05) is 46.3 Å². The van der Waals surface area contributed by atoms with Crippen LogP contribution in [0.1, 0.15) is 5.56 Å². The zero-order chi connectivity index (χ0) is 22.1. The Morgan fingerprint density at radius 1 is 1.06 bits per heavy atom. The molecule has 0 unspecified atom stereocenters. The van der Waals surface area contributed by atoms with Crippen molar-refractivity contribution in [1.82, 2.24) is 9.97 Å². The molecule has 4 aromatic rings. The number of nitrogens with zero attached hydrogens (tertiary/aromatic N) is 4. The summed E-state index contributed by atoms with van der Waals surface area (Å²) in [5.41, 5.74) is 5.30. The van der Waals surface area contributed by atoms with E-state index in [1.54, 1.807) is 0 Å². The Morgan fingerprint density at radius 2 is 1.84 bits per heavy atom. The molecule has 158 valence electrons. The maximum atomic E-state index is 11.4. The van der Waals surface area contributed by atoms with Crippen molar-refractivity contribution < 1.29 is 14.4 Å². The lowest BCUT2D eigenvalue weighted by molar-refractivity contribution is -0.385. The summed E-state index contributed by atoms with van der Waals surface area (Å²) >= 11 is 3.50. The van der Waals surface area contributed by atoms with Gasteiger partial charge in [-0.25, -0.2) is 15.4 Å². The summed E-state index contributed by atoms with van der Waals surface area (Å²) in [4.78, 5) is 20.1. The second-order valence-corrected chi connectivity index (χ2v) is 7.73. The normalized spacial score (nSPS) is 12.4. The second kappa shape index (κ2) is 8.23. The maximum Gasteiger partial charge on any atom is 0.282 e. The van der Waals surface area contributed by atoms with Gasteiger partial charge in [0, 0.05) is 15.4 Å². The summed E-state index contributed by atoms with van der Waals surface area (Å²) in [7, 11) is 0. The third-order valence-electron chi connectivity index (χ3n) is 4.79. The van der Waals surface area contributed by atoms with Crippen molar-refractivity contribution in [2.45, 2.75) is 0 Å². The molecule has 2 heterocycles. The Morgan fingerprint density at radius 3 is 2.62 bits per heavy atom. The highest BCUT2D eigenvalue weighted by molar-refractivity contribution is 9.10. The minimum absolute atomic E-state index is 0.0225. The standard InChI is InChI=1S/C22H14BrN5O4/c23-15-6-7-17-16(9-15)21(13-4-2-1-3-5-13)26-22(25-17)27-24-11-14-8-19-20(32-12-31-19)10-18(14)28(29)30/h1-11H,12H2,(H,25,26,27)/b24-11-. The largest absolute Gasteiger partial charge is 0.454 e. The van der Waals surface area contributed by atoms with Crippen molar-refractivity contribution >= 4 is 44.7 Å². The van der Waals surface area contributed by atoms with Crippen LogP contribution in [-0.2, 0) is 0 Å². The second-order valence-electron chi connectivity index (χ2n) is 6.81. The molecule has 1 aliphatic rings. The average molecular weight is 492 g/mol. The van der Waals surface area contributed by atoms with E-state index in [0.717, 1.165) is 26.6 Å². The molecule has 0 atom stereocenters. The van der Waals surface area contributed by atoms with Crippen LogP contribution in [-0.4, -0.2) is 27.9 Å². The van der Waals surface area contributed by atoms with E-state index in [0.29, 0.717) is 11.5 Å². The van der Waals surface area contributed by atoms with Crippen LogP contribution in [0.2, 0.25) is 0 Å². The lowest BCUT2D eigenvalue weighted by Crippen LogP contribution is -2.01. The van der Waals surface area contributed by atoms with E-state index >= 15 is 0 Å². The third kappa shape index (κ3) is 3.83. The van der Waals surface area contributed by atoms with Crippen LogP contribution in [0.15, 0.2) is 70.2 Å². The first-order valence-electron chi connectivity index (χ1n) is 9.48. The Kier molecular flexibility index (Phi) is 5.12. The van der Waals surface area contributed by atoms with Gasteiger partial charge in [0.25, 0.3) is 5.69 Å². The number of benzene rings is 3. The van der Waals surface area contributed by atoms with Crippen LogP contribution < -0.4 is 14.9 Å². The smallest absolute Gasteiger partial charge is 0.282 e. The van der Waals surface area contributed by atoms with Crippen molar-refractivity contribution in [2.75, 3.05) is 12.2 Å². The Hall–Kier alpha value is -4.05. The predicted octanol–water partition coefficient (Wildman–Crippen LogP) is 5.14. The number of hydrogen-bond donors (Lipinski definition) is 1. The van der Waals surface area contributed by atoms with Crippen LogP contribution in [0.4, 0.5) is 11.6 Å². The summed E-state index contributed by atoms with van der Waals surface area (Å²) in [6, 6.07) is 18.3. The highest BCUT2D eigenvalue weighted by Crippen LogP contribution is 2.37. The number of nitro benzene ring substituents is 1. The highest BCUT2D eigenvalue weighted by Gasteiger charge is 2.22. The molecule has 1 aromatic heterocycles. The summed E-state index contributed by atoms with van der Waals surface area (Å²) in [5.74, 6) is 1.02. The molecule has 9 nitrogen and oxygen atoms in total. The first kappa shape index (κ1) is 19.9. The zero-order valence-electron chi connectivity index (χ0n) is 16.4. The lowest BCUT2D eigenvalue weighted by Gasteiger charge is -2.09. The Labute approximate surface area is 190 Å². The number of hydrogen-bond acceptors (Lipinski definition) is 8. The first-order valence-corrected chi connectivity index (χ1v) is 10.3. The molecule has 0 saturated carbocycles. The molecule has 1 aliphatic heterocycles. The van der Waals surface area contributed by atoms with Crippen LogP contribution in [0.3, 0.4) is 0 Å². The number of aromatic nitrogens is 2. The van der Waals surface area contributed by atoms with Gasteiger partial charge in [0.1, 0.15) is 0 Å². The first-order chi connectivity index (χ1) is 15.6. The zero-order valence-corrected chi connectivity index (χ0v) is 17.9. The van der Waals surface area contributed by atoms with E-state index in [1.807, 2.05) is 48.5 Å². The van der Waals surface area contributed by atoms with E-state index in [2.05, 4.69) is 36.4 Å². The Bertz CT molecular complexity index is 1380. The number of halogens is 1. The summed E-state index contributed by atoms with van der Waals surface area (Å²) in [6.45, 7) is 0.0225. The van der Waals surface area contributed by atoms with Gasteiger partial charge in [0.2, 0.25) is 12.7 Å². The summed E-state index contributed by atoms with van der Waals surface area (Å²) < 4.78 is 11.4. The number of hydrazone groups is 1. The van der Waals surface area contributed by atoms with Crippen LogP contribution in [0.5, 0.6) is 11.5 Å². The third-order valence-corrected chi connectivity index (χ3v) is 5.29. The van der Waals surface area contributed by atoms with E-state index in [4.69, 9.17) is 9.47 Å². The lowest BCUT2D eigenvalue weighted by atomic mass is 10.1. The van der Waals surface area contributed by atoms with Gasteiger partial charge in [-0.15, -0.1) is 0 Å². The highest BCUT2D eigenvalue weighted by atomic mass is 79.9. The molecular weight excluding hydrogens is 478 g/mol. The molecule has 10 heteroatoms. The minimum atomic E-state index is -0.499. The molecule has 0 spiro atoms. The number of anilines is 1. The predicted molar refractivity (Wildman–Crippen MR) is 123 cm³/mol. The van der Waals surface area contributed by atoms with E-state index in [9.17, 15) is 10.1 Å². The van der Waals surface area contributed by atoms with Gasteiger partial charge in [-0.05, 0) is 24.3 Å². The SMILES string of the molecule is O=[N+]([O-])c1cc2c(cc1/C=N\Nc1nc(-c3ccccc3)c3cc(Br)ccc3n1)OCO2. The fourth-order valence-electron chi connectivity index (χ4n) is 3.33. The molecule has 0 amide bonds. The van der Waals surface area contributed by atoms with Crippen LogP contribution in [0, 0.1) is 10.1 Å². The van der Waals surface area contributed by atoms with E-state index in [-0.39, 0.29) is 24.0 Å². The number of rotatable bonds is 5. The van der Waals surface area contributed by atoms with Gasteiger partial charge in [-0.3, -0.25) is 10.1 Å². The fraction of sp³-hybridized carbons (Fsp3) is 0.0455. The van der Waals surface area contributed by atoms with Crippen molar-refractivity contribution in [3.05, 3.63) is 80.8 Å². The molecule has 0 radical (unpaired) electrons. The molecule has 0 saturated heterocycles. The maximum absolute atomic E-state index is 11.4. The topological polar surface area (TPSA) is 112 Å². The van der Waals surface area contributed by atoms with E-state index < -0.39 is 4.92 Å². The number of nitrogens with one attached hydrogen (secondary N) is 1. The van der Waals surface area contributed by atoms with Gasteiger partial charge in [0.05, 0.1) is 34.0 Å². The molecular formula is C22H14BrN5O4. The molecule has 3 aromatic carbocycles.